The molecule has 0 saturated carbocycles. The Morgan fingerprint density at radius 3 is 2.19 bits per heavy atom. The summed E-state index contributed by atoms with van der Waals surface area (Å²) < 4.78 is 0. The molecular weight excluding hydrogens is 262 g/mol. The molecule has 0 aliphatic carbocycles. The highest BCUT2D eigenvalue weighted by molar-refractivity contribution is 6.31. The molecule has 0 unspecified atom stereocenters. The molecule has 0 fully saturated rings. The van der Waals surface area contributed by atoms with E-state index in [4.69, 9.17) is 0 Å². The van der Waals surface area contributed by atoms with Crippen molar-refractivity contribution in [3.8, 4) is 0 Å². The van der Waals surface area contributed by atoms with E-state index in [2.05, 4.69) is 5.32 Å². The van der Waals surface area contributed by atoms with Crippen LogP contribution < -0.4 is 5.32 Å². The summed E-state index contributed by atoms with van der Waals surface area (Å²) in [5.74, 6) is -0.712. The van der Waals surface area contributed by atoms with Crippen molar-refractivity contribution in [2.45, 2.75) is 0 Å². The van der Waals surface area contributed by atoms with Gasteiger partial charge >= 0.3 is 0 Å². The number of amides is 2. The third kappa shape index (κ3) is 2.67. The van der Waals surface area contributed by atoms with Gasteiger partial charge in [-0.05, 0) is 23.3 Å². The molecule has 1 aliphatic rings. The fourth-order valence-corrected chi connectivity index (χ4v) is 2.26. The molecule has 3 rings (SSSR count). The van der Waals surface area contributed by atoms with Gasteiger partial charge in [-0.3, -0.25) is 14.9 Å². The number of imide groups is 1. The first kappa shape index (κ1) is 13.1. The van der Waals surface area contributed by atoms with Crippen LogP contribution in [0.25, 0.3) is 11.6 Å². The van der Waals surface area contributed by atoms with E-state index in [0.717, 1.165) is 5.56 Å². The van der Waals surface area contributed by atoms with E-state index in [1.165, 1.54) is 0 Å². The maximum atomic E-state index is 12.0. The normalized spacial score (nSPS) is 16.1. The van der Waals surface area contributed by atoms with Gasteiger partial charge < -0.3 is 0 Å². The number of benzene rings is 2. The van der Waals surface area contributed by atoms with Crippen LogP contribution in [-0.2, 0) is 4.79 Å². The number of carbonyl (C=O) groups is 2. The molecule has 2 aromatic rings. The molecule has 0 saturated heterocycles. The molecule has 2 amide bonds. The Morgan fingerprint density at radius 2 is 1.43 bits per heavy atom. The second kappa shape index (κ2) is 5.59. The van der Waals surface area contributed by atoms with Gasteiger partial charge in [-0.15, -0.1) is 0 Å². The summed E-state index contributed by atoms with van der Waals surface area (Å²) in [6.45, 7) is 0. The second-order valence-corrected chi connectivity index (χ2v) is 4.68. The summed E-state index contributed by atoms with van der Waals surface area (Å²) in [4.78, 5) is 23.7. The number of allylic oxidation sites excluding steroid dienone is 2. The zero-order chi connectivity index (χ0) is 14.7. The third-order valence-corrected chi connectivity index (χ3v) is 3.28. The van der Waals surface area contributed by atoms with Gasteiger partial charge in [0, 0.05) is 11.1 Å². The molecule has 1 aliphatic heterocycles. The molecule has 0 spiro atoms. The van der Waals surface area contributed by atoms with Gasteiger partial charge in [0.15, 0.2) is 0 Å². The molecule has 3 heteroatoms. The lowest BCUT2D eigenvalue weighted by atomic mass is 9.94. The van der Waals surface area contributed by atoms with Crippen molar-refractivity contribution in [2.75, 3.05) is 0 Å². The van der Waals surface area contributed by atoms with Gasteiger partial charge in [-0.1, -0.05) is 60.7 Å². The Labute approximate surface area is 122 Å². The Hall–Kier alpha value is -2.94. The van der Waals surface area contributed by atoms with E-state index in [1.807, 2.05) is 48.6 Å². The van der Waals surface area contributed by atoms with E-state index >= 15 is 0 Å². The van der Waals surface area contributed by atoms with Crippen LogP contribution in [0.15, 0.2) is 66.7 Å². The highest BCUT2D eigenvalue weighted by Gasteiger charge is 2.25. The Morgan fingerprint density at radius 1 is 0.762 bits per heavy atom. The van der Waals surface area contributed by atoms with E-state index in [0.29, 0.717) is 16.7 Å². The molecule has 3 nitrogen and oxygen atoms in total. The van der Waals surface area contributed by atoms with Crippen LogP contribution in [0.5, 0.6) is 0 Å². The first-order chi connectivity index (χ1) is 10.3. The predicted molar refractivity (Wildman–Crippen MR) is 82.4 cm³/mol. The summed E-state index contributed by atoms with van der Waals surface area (Å²) in [5.41, 5.74) is 2.74. The van der Waals surface area contributed by atoms with Gasteiger partial charge in [-0.2, -0.15) is 0 Å². The van der Waals surface area contributed by atoms with Crippen LogP contribution in [0.3, 0.4) is 0 Å². The van der Waals surface area contributed by atoms with Crippen molar-refractivity contribution < 1.29 is 9.59 Å². The highest BCUT2D eigenvalue weighted by atomic mass is 16.2. The zero-order valence-electron chi connectivity index (χ0n) is 11.2. The number of carbonyl (C=O) groups excluding carboxylic acids is 2. The minimum absolute atomic E-state index is 0.347. The van der Waals surface area contributed by atoms with E-state index < -0.39 is 0 Å². The Balaban J connectivity index is 1.96. The Kier molecular flexibility index (Phi) is 3.48. The van der Waals surface area contributed by atoms with Crippen molar-refractivity contribution in [1.29, 1.82) is 0 Å². The molecule has 21 heavy (non-hydrogen) atoms. The minimum Gasteiger partial charge on any atom is -0.288 e. The number of hydrogen-bond acceptors (Lipinski definition) is 2. The summed E-state index contributed by atoms with van der Waals surface area (Å²) in [6.07, 6.45) is 5.46. The van der Waals surface area contributed by atoms with Crippen LogP contribution >= 0.6 is 0 Å². The van der Waals surface area contributed by atoms with Gasteiger partial charge in [0.2, 0.25) is 0 Å². The maximum absolute atomic E-state index is 12.0. The fourth-order valence-electron chi connectivity index (χ4n) is 2.26. The largest absolute Gasteiger partial charge is 0.288 e. The van der Waals surface area contributed by atoms with Crippen molar-refractivity contribution in [1.82, 2.24) is 5.32 Å². The summed E-state index contributed by atoms with van der Waals surface area (Å²) in [7, 11) is 0. The fraction of sp³-hybridized carbons (Fsp3) is 0. The Bertz CT molecular complexity index is 758. The molecule has 0 atom stereocenters. The number of nitrogens with one attached hydrogen (secondary N) is 1. The summed E-state index contributed by atoms with van der Waals surface area (Å²) in [6, 6.07) is 16.9. The summed E-state index contributed by atoms with van der Waals surface area (Å²) in [5, 5.41) is 2.35. The molecule has 0 aromatic heterocycles. The van der Waals surface area contributed by atoms with Crippen LogP contribution in [-0.4, -0.2) is 11.8 Å². The molecule has 0 bridgehead atoms. The number of fused-ring (bicyclic) bond motifs is 1. The average molecular weight is 275 g/mol. The van der Waals surface area contributed by atoms with Crippen LogP contribution in [0.4, 0.5) is 0 Å². The monoisotopic (exact) mass is 275 g/mol. The quantitative estimate of drug-likeness (QED) is 0.676. The van der Waals surface area contributed by atoms with Crippen molar-refractivity contribution in [3.05, 3.63) is 83.4 Å². The highest BCUT2D eigenvalue weighted by Crippen LogP contribution is 2.23. The van der Waals surface area contributed by atoms with Gasteiger partial charge in [0.1, 0.15) is 0 Å². The predicted octanol–water partition coefficient (Wildman–Crippen LogP) is 3.05. The molecule has 0 radical (unpaired) electrons. The third-order valence-electron chi connectivity index (χ3n) is 3.28. The van der Waals surface area contributed by atoms with Crippen molar-refractivity contribution >= 4 is 23.5 Å². The lowest BCUT2D eigenvalue weighted by Gasteiger charge is -2.17. The number of hydrogen-bond donors (Lipinski definition) is 1. The number of rotatable bonds is 2. The average Bonchev–Trinajstić information content (AvgIpc) is 2.51. The SMILES string of the molecule is O=C1NC(=O)c2ccccc2C1=CC=Cc1ccccc1. The van der Waals surface area contributed by atoms with Crippen molar-refractivity contribution in [3.63, 3.8) is 0 Å². The van der Waals surface area contributed by atoms with E-state index in [-0.39, 0.29) is 11.8 Å². The summed E-state index contributed by atoms with van der Waals surface area (Å²) >= 11 is 0. The van der Waals surface area contributed by atoms with Gasteiger partial charge in [0.05, 0.1) is 0 Å². The van der Waals surface area contributed by atoms with Gasteiger partial charge in [-0.25, -0.2) is 0 Å². The van der Waals surface area contributed by atoms with E-state index in [1.54, 1.807) is 24.3 Å². The van der Waals surface area contributed by atoms with Crippen LogP contribution in [0.1, 0.15) is 21.5 Å². The maximum Gasteiger partial charge on any atom is 0.258 e. The first-order valence-electron chi connectivity index (χ1n) is 6.64. The first-order valence-corrected chi connectivity index (χ1v) is 6.64. The van der Waals surface area contributed by atoms with E-state index in [9.17, 15) is 9.59 Å². The lowest BCUT2D eigenvalue weighted by Crippen LogP contribution is -2.36. The molecule has 1 heterocycles. The standard InChI is InChI=1S/C18H13NO2/c20-17-15-11-5-4-10-14(15)16(18(21)19-17)12-6-9-13-7-2-1-3-8-13/h1-12H,(H,19,20,21). The van der Waals surface area contributed by atoms with Crippen LogP contribution in [0.2, 0.25) is 0 Å². The smallest absolute Gasteiger partial charge is 0.258 e. The minimum atomic E-state index is -0.364. The molecular formula is C18H13NO2. The molecule has 1 N–H and O–H groups in total. The second-order valence-electron chi connectivity index (χ2n) is 4.68. The zero-order valence-corrected chi connectivity index (χ0v) is 11.2. The van der Waals surface area contributed by atoms with Gasteiger partial charge in [0.25, 0.3) is 11.8 Å². The lowest BCUT2D eigenvalue weighted by molar-refractivity contribution is -0.114. The topological polar surface area (TPSA) is 46.2 Å². The molecule has 2 aromatic carbocycles. The molecule has 102 valence electrons. The van der Waals surface area contributed by atoms with Crippen LogP contribution in [0, 0.1) is 0 Å². The van der Waals surface area contributed by atoms with Crippen molar-refractivity contribution in [2.24, 2.45) is 0 Å².